The molecular weight excluding hydrogens is 234 g/mol. The predicted molar refractivity (Wildman–Crippen MR) is 79.7 cm³/mol. The van der Waals surface area contributed by atoms with E-state index in [1.807, 2.05) is 18.5 Å². The molecule has 0 bridgehead atoms. The van der Waals surface area contributed by atoms with Crippen LogP contribution < -0.4 is 5.73 Å². The van der Waals surface area contributed by atoms with Gasteiger partial charge in [0.25, 0.3) is 0 Å². The molecule has 0 spiro atoms. The zero-order valence-corrected chi connectivity index (χ0v) is 12.5. The van der Waals surface area contributed by atoms with Crippen molar-refractivity contribution < 1.29 is 0 Å². The molecule has 3 nitrogen and oxygen atoms in total. The summed E-state index contributed by atoms with van der Waals surface area (Å²) >= 11 is 0. The Hall–Kier alpha value is -0.930. The van der Waals surface area contributed by atoms with Gasteiger partial charge in [-0.25, -0.2) is 0 Å². The van der Waals surface area contributed by atoms with Crippen molar-refractivity contribution in [2.24, 2.45) is 17.6 Å². The van der Waals surface area contributed by atoms with Crippen molar-refractivity contribution in [1.82, 2.24) is 9.88 Å². The molecule has 0 amide bonds. The highest BCUT2D eigenvalue weighted by Crippen LogP contribution is 2.39. The van der Waals surface area contributed by atoms with Crippen molar-refractivity contribution in [3.8, 4) is 0 Å². The first-order chi connectivity index (χ1) is 9.05. The van der Waals surface area contributed by atoms with Crippen molar-refractivity contribution in [2.45, 2.75) is 45.2 Å². The van der Waals surface area contributed by atoms with Gasteiger partial charge in [0, 0.05) is 31.0 Å². The average Bonchev–Trinajstić information content (AvgIpc) is 2.38. The molecule has 1 aromatic rings. The Morgan fingerprint density at radius 1 is 1.37 bits per heavy atom. The molecule has 19 heavy (non-hydrogen) atoms. The van der Waals surface area contributed by atoms with E-state index in [4.69, 9.17) is 5.73 Å². The molecule has 106 valence electrons. The number of nitrogens with two attached hydrogens (primary N) is 1. The minimum absolute atomic E-state index is 0.160. The molecule has 0 aromatic carbocycles. The third kappa shape index (κ3) is 3.34. The second-order valence-electron chi connectivity index (χ2n) is 6.50. The summed E-state index contributed by atoms with van der Waals surface area (Å²) in [7, 11) is 2.21. The number of aromatic nitrogens is 1. The highest BCUT2D eigenvalue weighted by molar-refractivity contribution is 5.09. The lowest BCUT2D eigenvalue weighted by Gasteiger charge is -2.48. The number of pyridine rings is 1. The Kier molecular flexibility index (Phi) is 4.58. The van der Waals surface area contributed by atoms with E-state index < -0.39 is 0 Å². The van der Waals surface area contributed by atoms with E-state index >= 15 is 0 Å². The summed E-state index contributed by atoms with van der Waals surface area (Å²) in [5, 5.41) is 0. The normalized spacial score (nSPS) is 31.6. The quantitative estimate of drug-likeness (QED) is 0.906. The van der Waals surface area contributed by atoms with Crippen LogP contribution in [-0.4, -0.2) is 29.0 Å². The fourth-order valence-electron chi connectivity index (χ4n) is 3.80. The van der Waals surface area contributed by atoms with E-state index in [0.717, 1.165) is 24.9 Å². The average molecular weight is 261 g/mol. The van der Waals surface area contributed by atoms with Gasteiger partial charge >= 0.3 is 0 Å². The molecule has 1 aromatic heterocycles. The summed E-state index contributed by atoms with van der Waals surface area (Å²) in [4.78, 5) is 6.66. The summed E-state index contributed by atoms with van der Waals surface area (Å²) in [6.45, 7) is 6.40. The van der Waals surface area contributed by atoms with E-state index in [0.29, 0.717) is 0 Å². The standard InChI is InChI=1S/C16H27N3/c1-13-7-14(2)9-16(8-13,12-17)19(3)11-15-5-4-6-18-10-15/h4-6,10,13-14H,7-9,11-12,17H2,1-3H3. The zero-order valence-electron chi connectivity index (χ0n) is 12.5. The Morgan fingerprint density at radius 3 is 2.58 bits per heavy atom. The monoisotopic (exact) mass is 261 g/mol. The second-order valence-corrected chi connectivity index (χ2v) is 6.50. The van der Waals surface area contributed by atoms with Gasteiger partial charge in [-0.15, -0.1) is 0 Å². The molecule has 2 unspecified atom stereocenters. The van der Waals surface area contributed by atoms with Crippen molar-refractivity contribution in [3.63, 3.8) is 0 Å². The van der Waals surface area contributed by atoms with Crippen LogP contribution in [0.5, 0.6) is 0 Å². The first-order valence-electron chi connectivity index (χ1n) is 7.36. The molecule has 2 rings (SSSR count). The molecule has 0 aliphatic heterocycles. The van der Waals surface area contributed by atoms with Gasteiger partial charge in [-0.1, -0.05) is 19.9 Å². The first kappa shape index (κ1) is 14.5. The maximum atomic E-state index is 6.16. The third-order valence-electron chi connectivity index (χ3n) is 4.59. The predicted octanol–water partition coefficient (Wildman–Crippen LogP) is 2.67. The second kappa shape index (κ2) is 6.02. The SMILES string of the molecule is CC1CC(C)CC(CN)(N(C)Cc2cccnc2)C1. The lowest BCUT2D eigenvalue weighted by Crippen LogP contribution is -2.55. The number of likely N-dealkylation sites (N-methyl/N-ethyl adjacent to an activating group) is 1. The van der Waals surface area contributed by atoms with Gasteiger partial charge < -0.3 is 5.73 Å². The van der Waals surface area contributed by atoms with Crippen molar-refractivity contribution >= 4 is 0 Å². The Labute approximate surface area is 117 Å². The Morgan fingerprint density at radius 2 is 2.05 bits per heavy atom. The van der Waals surface area contributed by atoms with E-state index in [-0.39, 0.29) is 5.54 Å². The van der Waals surface area contributed by atoms with Crippen LogP contribution >= 0.6 is 0 Å². The molecule has 3 heteroatoms. The molecule has 1 aliphatic carbocycles. The van der Waals surface area contributed by atoms with E-state index in [9.17, 15) is 0 Å². The van der Waals surface area contributed by atoms with Crippen LogP contribution in [0.25, 0.3) is 0 Å². The summed E-state index contributed by atoms with van der Waals surface area (Å²) in [6.07, 6.45) is 7.54. The summed E-state index contributed by atoms with van der Waals surface area (Å²) < 4.78 is 0. The van der Waals surface area contributed by atoms with Gasteiger partial charge in [-0.3, -0.25) is 9.88 Å². The molecule has 1 aliphatic rings. The van der Waals surface area contributed by atoms with Gasteiger partial charge in [0.15, 0.2) is 0 Å². The lowest BCUT2D eigenvalue weighted by atomic mass is 9.70. The maximum absolute atomic E-state index is 6.16. The van der Waals surface area contributed by atoms with Crippen molar-refractivity contribution in [1.29, 1.82) is 0 Å². The Balaban J connectivity index is 2.11. The number of rotatable bonds is 4. The van der Waals surface area contributed by atoms with Crippen molar-refractivity contribution in [3.05, 3.63) is 30.1 Å². The van der Waals surface area contributed by atoms with Crippen LogP contribution in [-0.2, 0) is 6.54 Å². The largest absolute Gasteiger partial charge is 0.329 e. The van der Waals surface area contributed by atoms with Gasteiger partial charge in [-0.05, 0) is 49.8 Å². The maximum Gasteiger partial charge on any atom is 0.0337 e. The highest BCUT2D eigenvalue weighted by atomic mass is 15.2. The zero-order chi connectivity index (χ0) is 13.9. The lowest BCUT2D eigenvalue weighted by molar-refractivity contribution is 0.0332. The van der Waals surface area contributed by atoms with Gasteiger partial charge in [0.05, 0.1) is 0 Å². The van der Waals surface area contributed by atoms with Crippen LogP contribution in [0, 0.1) is 11.8 Å². The molecule has 0 radical (unpaired) electrons. The van der Waals surface area contributed by atoms with Crippen LogP contribution in [0.2, 0.25) is 0 Å². The van der Waals surface area contributed by atoms with Gasteiger partial charge in [0.1, 0.15) is 0 Å². The molecule has 1 fully saturated rings. The first-order valence-corrected chi connectivity index (χ1v) is 7.36. The van der Waals surface area contributed by atoms with Crippen LogP contribution in [0.1, 0.15) is 38.7 Å². The topological polar surface area (TPSA) is 42.1 Å². The number of hydrogen-bond acceptors (Lipinski definition) is 3. The van der Waals surface area contributed by atoms with E-state index in [1.165, 1.54) is 24.8 Å². The Bertz CT molecular complexity index is 380. The highest BCUT2D eigenvalue weighted by Gasteiger charge is 2.39. The minimum atomic E-state index is 0.160. The van der Waals surface area contributed by atoms with Crippen LogP contribution in [0.4, 0.5) is 0 Å². The molecule has 0 saturated heterocycles. The van der Waals surface area contributed by atoms with Crippen molar-refractivity contribution in [2.75, 3.05) is 13.6 Å². The third-order valence-corrected chi connectivity index (χ3v) is 4.59. The molecule has 2 N–H and O–H groups in total. The minimum Gasteiger partial charge on any atom is -0.329 e. The fourth-order valence-corrected chi connectivity index (χ4v) is 3.80. The molecule has 1 saturated carbocycles. The van der Waals surface area contributed by atoms with Crippen LogP contribution in [0.15, 0.2) is 24.5 Å². The smallest absolute Gasteiger partial charge is 0.0337 e. The van der Waals surface area contributed by atoms with E-state index in [1.54, 1.807) is 0 Å². The van der Waals surface area contributed by atoms with Gasteiger partial charge in [0.2, 0.25) is 0 Å². The molecule has 2 atom stereocenters. The van der Waals surface area contributed by atoms with E-state index in [2.05, 4.69) is 36.8 Å². The number of hydrogen-bond donors (Lipinski definition) is 1. The molecular formula is C16H27N3. The van der Waals surface area contributed by atoms with Crippen LogP contribution in [0.3, 0.4) is 0 Å². The summed E-state index contributed by atoms with van der Waals surface area (Å²) in [6, 6.07) is 4.15. The summed E-state index contributed by atoms with van der Waals surface area (Å²) in [5.74, 6) is 1.53. The fraction of sp³-hybridized carbons (Fsp3) is 0.688. The van der Waals surface area contributed by atoms with Gasteiger partial charge in [-0.2, -0.15) is 0 Å². The number of nitrogens with zero attached hydrogens (tertiary/aromatic N) is 2. The molecule has 1 heterocycles. The summed E-state index contributed by atoms with van der Waals surface area (Å²) in [5.41, 5.74) is 7.59.